The molecule has 0 spiro atoms. The van der Waals surface area contributed by atoms with Crippen molar-refractivity contribution in [1.29, 1.82) is 0 Å². The van der Waals surface area contributed by atoms with Crippen molar-refractivity contribution in [3.8, 4) is 0 Å². The Balaban J connectivity index is 1.78. The normalized spacial score (nSPS) is 35.3. The van der Waals surface area contributed by atoms with Crippen molar-refractivity contribution >= 4 is 11.8 Å². The molecule has 6 heteroatoms. The molecule has 4 unspecified atom stereocenters. The molecule has 6 nitrogen and oxygen atoms in total. The average Bonchev–Trinajstić information content (AvgIpc) is 3.18. The van der Waals surface area contributed by atoms with Gasteiger partial charge in [-0.05, 0) is 38.5 Å². The van der Waals surface area contributed by atoms with Gasteiger partial charge in [-0.15, -0.1) is 0 Å². The highest BCUT2D eigenvalue weighted by molar-refractivity contribution is 6.00. The monoisotopic (exact) mass is 467 g/mol. The second-order valence-electron chi connectivity index (χ2n) is 11.4. The summed E-state index contributed by atoms with van der Waals surface area (Å²) in [6, 6.07) is 10.0. The van der Waals surface area contributed by atoms with Gasteiger partial charge in [-0.25, -0.2) is 0 Å². The maximum atomic E-state index is 13.8. The van der Waals surface area contributed by atoms with Crippen molar-refractivity contribution in [2.75, 3.05) is 6.61 Å². The van der Waals surface area contributed by atoms with E-state index in [1.165, 1.54) is 6.42 Å². The van der Waals surface area contributed by atoms with Crippen LogP contribution in [0.5, 0.6) is 0 Å². The lowest BCUT2D eigenvalue weighted by Gasteiger charge is -2.48. The number of benzene rings is 1. The number of allylic oxidation sites excluding steroid dienone is 1. The van der Waals surface area contributed by atoms with Crippen LogP contribution < -0.4 is 0 Å². The fourth-order valence-electron chi connectivity index (χ4n) is 7.08. The zero-order valence-corrected chi connectivity index (χ0v) is 20.8. The van der Waals surface area contributed by atoms with E-state index in [0.29, 0.717) is 12.0 Å². The molecule has 1 saturated heterocycles. The number of Topliss-reactive ketones (excluding diaryl/α,β-unsaturated/α-hetero) is 1. The first kappa shape index (κ1) is 23.6. The molecule has 0 aromatic heterocycles. The number of ketones is 1. The lowest BCUT2D eigenvalue weighted by atomic mass is 9.70. The van der Waals surface area contributed by atoms with Crippen LogP contribution in [0.3, 0.4) is 0 Å². The number of aliphatic hydroxyl groups is 1. The van der Waals surface area contributed by atoms with Gasteiger partial charge in [0.25, 0.3) is 0 Å². The standard InChI is InChI=1S/C28H37NO5/c1-5-33-25(31)24-23-22-20(16-26(2,3)17-21(22)30)29(19-14-10-7-11-15-19)28(23,34-27(24,4)32)18-12-8-6-9-13-18/h6,8-9,12-13,19,23-24,32H,5,7,10-11,14-17H2,1-4H3. The molecule has 34 heavy (non-hydrogen) atoms. The zero-order chi connectivity index (χ0) is 24.3. The fourth-order valence-corrected chi connectivity index (χ4v) is 7.08. The van der Waals surface area contributed by atoms with E-state index >= 15 is 0 Å². The predicted molar refractivity (Wildman–Crippen MR) is 127 cm³/mol. The number of carbonyl (C=O) groups excluding carboxylic acids is 2. The minimum absolute atomic E-state index is 0.0606. The minimum Gasteiger partial charge on any atom is -0.466 e. The quantitative estimate of drug-likeness (QED) is 0.649. The smallest absolute Gasteiger partial charge is 0.315 e. The number of fused-ring (bicyclic) bond motifs is 2. The molecule has 184 valence electrons. The molecule has 1 aromatic rings. The average molecular weight is 468 g/mol. The molecule has 2 fully saturated rings. The van der Waals surface area contributed by atoms with E-state index < -0.39 is 29.3 Å². The van der Waals surface area contributed by atoms with Crippen molar-refractivity contribution in [2.24, 2.45) is 17.3 Å². The topological polar surface area (TPSA) is 76.1 Å². The number of hydrogen-bond acceptors (Lipinski definition) is 6. The molecule has 0 bridgehead atoms. The molecule has 2 aliphatic carbocycles. The van der Waals surface area contributed by atoms with E-state index in [9.17, 15) is 14.7 Å². The molecule has 0 radical (unpaired) electrons. The van der Waals surface area contributed by atoms with Gasteiger partial charge < -0.3 is 19.5 Å². The second kappa shape index (κ2) is 8.20. The van der Waals surface area contributed by atoms with Crippen molar-refractivity contribution < 1.29 is 24.2 Å². The molecule has 4 atom stereocenters. The van der Waals surface area contributed by atoms with E-state index in [2.05, 4.69) is 18.7 Å². The Morgan fingerprint density at radius 2 is 1.79 bits per heavy atom. The number of hydrogen-bond donors (Lipinski definition) is 1. The summed E-state index contributed by atoms with van der Waals surface area (Å²) in [6.07, 6.45) is 6.61. The van der Waals surface area contributed by atoms with Crippen molar-refractivity contribution in [2.45, 2.75) is 90.2 Å². The lowest BCUT2D eigenvalue weighted by Crippen LogP contribution is -2.52. The Morgan fingerprint density at radius 1 is 1.12 bits per heavy atom. The highest BCUT2D eigenvalue weighted by Gasteiger charge is 2.73. The van der Waals surface area contributed by atoms with E-state index in [1.807, 2.05) is 30.3 Å². The van der Waals surface area contributed by atoms with Gasteiger partial charge in [0.2, 0.25) is 0 Å². The first-order chi connectivity index (χ1) is 16.1. The third kappa shape index (κ3) is 3.44. The summed E-state index contributed by atoms with van der Waals surface area (Å²) < 4.78 is 12.1. The number of nitrogens with zero attached hydrogens (tertiary/aromatic N) is 1. The Hall–Kier alpha value is -2.18. The molecule has 1 aromatic carbocycles. The maximum Gasteiger partial charge on any atom is 0.315 e. The van der Waals surface area contributed by atoms with E-state index in [0.717, 1.165) is 43.4 Å². The van der Waals surface area contributed by atoms with Crippen LogP contribution >= 0.6 is 0 Å². The summed E-state index contributed by atoms with van der Waals surface area (Å²) in [5.74, 6) is -3.83. The van der Waals surface area contributed by atoms with Gasteiger partial charge in [-0.3, -0.25) is 9.59 Å². The van der Waals surface area contributed by atoms with E-state index in [4.69, 9.17) is 9.47 Å². The SMILES string of the molecule is CCOC(=O)C1C2C3=C(CC(C)(C)CC3=O)N(C3CCCCC3)C2(c2ccccc2)OC1(C)O. The number of esters is 1. The van der Waals surface area contributed by atoms with Crippen LogP contribution in [0.4, 0.5) is 0 Å². The van der Waals surface area contributed by atoms with Crippen LogP contribution in [0.1, 0.15) is 78.2 Å². The van der Waals surface area contributed by atoms with Gasteiger partial charge in [-0.2, -0.15) is 0 Å². The highest BCUT2D eigenvalue weighted by atomic mass is 16.7. The fraction of sp³-hybridized carbons (Fsp3) is 0.643. The Labute approximate surface area is 202 Å². The first-order valence-corrected chi connectivity index (χ1v) is 12.8. The van der Waals surface area contributed by atoms with Gasteiger partial charge >= 0.3 is 5.97 Å². The summed E-state index contributed by atoms with van der Waals surface area (Å²) in [5.41, 5.74) is 1.25. The Morgan fingerprint density at radius 3 is 2.44 bits per heavy atom. The molecule has 1 saturated carbocycles. The third-order valence-corrected chi connectivity index (χ3v) is 8.22. The summed E-state index contributed by atoms with van der Waals surface area (Å²) in [5, 5.41) is 11.6. The predicted octanol–water partition coefficient (Wildman–Crippen LogP) is 4.67. The summed E-state index contributed by atoms with van der Waals surface area (Å²) in [7, 11) is 0. The Bertz CT molecular complexity index is 1010. The minimum atomic E-state index is -1.77. The molecule has 0 amide bonds. The summed E-state index contributed by atoms with van der Waals surface area (Å²) in [4.78, 5) is 29.5. The van der Waals surface area contributed by atoms with Gasteiger partial charge in [0.05, 0.1) is 12.5 Å². The van der Waals surface area contributed by atoms with Gasteiger partial charge in [0.1, 0.15) is 5.92 Å². The van der Waals surface area contributed by atoms with Crippen LogP contribution in [0, 0.1) is 17.3 Å². The zero-order valence-electron chi connectivity index (χ0n) is 20.8. The molecule has 4 aliphatic rings. The highest BCUT2D eigenvalue weighted by Crippen LogP contribution is 2.65. The maximum absolute atomic E-state index is 13.8. The number of carbonyl (C=O) groups is 2. The molecule has 2 aliphatic heterocycles. The number of rotatable bonds is 4. The molecule has 2 heterocycles. The van der Waals surface area contributed by atoms with Crippen LogP contribution in [0.15, 0.2) is 41.6 Å². The largest absolute Gasteiger partial charge is 0.466 e. The van der Waals surface area contributed by atoms with Gasteiger partial charge in [0, 0.05) is 29.3 Å². The van der Waals surface area contributed by atoms with E-state index in [-0.39, 0.29) is 23.8 Å². The summed E-state index contributed by atoms with van der Waals surface area (Å²) in [6.45, 7) is 7.78. The second-order valence-corrected chi connectivity index (χ2v) is 11.4. The van der Waals surface area contributed by atoms with Crippen LogP contribution in [-0.2, 0) is 24.8 Å². The van der Waals surface area contributed by atoms with Crippen LogP contribution in [-0.4, -0.2) is 40.2 Å². The molecule has 5 rings (SSSR count). The molecular formula is C28H37NO5. The van der Waals surface area contributed by atoms with E-state index in [1.54, 1.807) is 13.8 Å². The van der Waals surface area contributed by atoms with Gasteiger partial charge in [0.15, 0.2) is 17.3 Å². The Kier molecular flexibility index (Phi) is 5.68. The van der Waals surface area contributed by atoms with Crippen molar-refractivity contribution in [3.05, 3.63) is 47.2 Å². The molecule has 1 N–H and O–H groups in total. The van der Waals surface area contributed by atoms with Crippen LogP contribution in [0.25, 0.3) is 0 Å². The van der Waals surface area contributed by atoms with Crippen molar-refractivity contribution in [1.82, 2.24) is 4.90 Å². The number of ether oxygens (including phenoxy) is 2. The van der Waals surface area contributed by atoms with Crippen LogP contribution in [0.2, 0.25) is 0 Å². The third-order valence-electron chi connectivity index (χ3n) is 8.22. The van der Waals surface area contributed by atoms with Crippen molar-refractivity contribution in [3.63, 3.8) is 0 Å². The molecular weight excluding hydrogens is 430 g/mol. The first-order valence-electron chi connectivity index (χ1n) is 12.8. The van der Waals surface area contributed by atoms with Gasteiger partial charge in [-0.1, -0.05) is 63.4 Å². The summed E-state index contributed by atoms with van der Waals surface area (Å²) >= 11 is 0. The lowest BCUT2D eigenvalue weighted by molar-refractivity contribution is -0.270.